The van der Waals surface area contributed by atoms with Gasteiger partial charge in [0, 0.05) is 18.3 Å². The van der Waals surface area contributed by atoms with E-state index >= 15 is 0 Å². The zero-order valence-electron chi connectivity index (χ0n) is 7.08. The smallest absolute Gasteiger partial charge is 0.268 e. The summed E-state index contributed by atoms with van der Waals surface area (Å²) >= 11 is 0. The molecule has 0 fully saturated rings. The lowest BCUT2D eigenvalue weighted by Gasteiger charge is -2.08. The van der Waals surface area contributed by atoms with Crippen molar-refractivity contribution in [3.8, 4) is 5.75 Å². The van der Waals surface area contributed by atoms with E-state index in [1.807, 2.05) is 0 Å². The molecule has 14 heavy (non-hydrogen) atoms. The van der Waals surface area contributed by atoms with Gasteiger partial charge in [-0.15, -0.1) is 0 Å². The Kier molecular flexibility index (Phi) is 3.08. The highest BCUT2D eigenvalue weighted by molar-refractivity contribution is 5.78. The van der Waals surface area contributed by atoms with Crippen molar-refractivity contribution < 1.29 is 18.7 Å². The second-order valence-corrected chi connectivity index (χ2v) is 2.55. The molecule has 0 aliphatic heterocycles. The molecular weight excluding hydrogens is 194 g/mol. The lowest BCUT2D eigenvalue weighted by molar-refractivity contribution is 0.110. The summed E-state index contributed by atoms with van der Waals surface area (Å²) in [6, 6.07) is 0. The summed E-state index contributed by atoms with van der Waals surface area (Å²) in [6.45, 7) is -0.162. The fraction of sp³-hybridized carbons (Fsp3) is 0.250. The third-order valence-electron chi connectivity index (χ3n) is 1.74. The highest BCUT2D eigenvalue weighted by Gasteiger charge is 2.20. The zero-order chi connectivity index (χ0) is 10.7. The molecule has 6 heteroatoms. The molecular formula is C8H8F2N2O2. The summed E-state index contributed by atoms with van der Waals surface area (Å²) in [5.74, 6) is -0.702. The molecule has 4 nitrogen and oxygen atoms in total. The van der Waals surface area contributed by atoms with Gasteiger partial charge in [-0.25, -0.2) is 8.78 Å². The molecule has 0 aliphatic rings. The molecule has 0 aromatic carbocycles. The Morgan fingerprint density at radius 3 is 2.71 bits per heavy atom. The number of halogens is 2. The number of carbonyl (C=O) groups excluding carboxylic acids is 1. The van der Waals surface area contributed by atoms with Crippen molar-refractivity contribution in [2.24, 2.45) is 5.73 Å². The Balaban J connectivity index is 3.38. The molecule has 0 aliphatic carbocycles. The highest BCUT2D eigenvalue weighted by atomic mass is 19.3. The number of pyridine rings is 1. The number of hydrogen-bond acceptors (Lipinski definition) is 4. The van der Waals surface area contributed by atoms with E-state index in [9.17, 15) is 18.7 Å². The Hall–Kier alpha value is -1.56. The first-order chi connectivity index (χ1) is 6.61. The fourth-order valence-corrected chi connectivity index (χ4v) is 1.04. The van der Waals surface area contributed by atoms with E-state index in [2.05, 4.69) is 4.98 Å². The van der Waals surface area contributed by atoms with E-state index in [1.165, 1.54) is 0 Å². The van der Waals surface area contributed by atoms with Crippen LogP contribution in [0.15, 0.2) is 6.20 Å². The van der Waals surface area contributed by atoms with E-state index in [1.54, 1.807) is 0 Å². The minimum absolute atomic E-state index is 0.0501. The maximum atomic E-state index is 12.4. The third kappa shape index (κ3) is 1.69. The summed E-state index contributed by atoms with van der Waals surface area (Å²) in [7, 11) is 0. The molecule has 0 saturated carbocycles. The number of carbonyl (C=O) groups is 1. The van der Waals surface area contributed by atoms with Crippen LogP contribution in [-0.4, -0.2) is 16.4 Å². The number of aromatic hydroxyl groups is 1. The molecule has 1 rings (SSSR count). The van der Waals surface area contributed by atoms with Crippen LogP contribution in [0.1, 0.15) is 28.0 Å². The van der Waals surface area contributed by atoms with Crippen LogP contribution < -0.4 is 5.73 Å². The van der Waals surface area contributed by atoms with Gasteiger partial charge in [-0.3, -0.25) is 9.78 Å². The van der Waals surface area contributed by atoms with Gasteiger partial charge in [0.15, 0.2) is 6.29 Å². The summed E-state index contributed by atoms with van der Waals surface area (Å²) in [5.41, 5.74) is 4.07. The SMILES string of the molecule is NCc1ncc(C=O)c(C(F)F)c1O. The Labute approximate surface area is 78.4 Å². The Bertz CT molecular complexity index is 355. The highest BCUT2D eigenvalue weighted by Crippen LogP contribution is 2.32. The molecule has 0 bridgehead atoms. The van der Waals surface area contributed by atoms with Crippen LogP contribution in [0, 0.1) is 0 Å². The van der Waals surface area contributed by atoms with Crippen LogP contribution in [0.3, 0.4) is 0 Å². The molecule has 1 heterocycles. The van der Waals surface area contributed by atoms with Crippen LogP contribution in [-0.2, 0) is 6.54 Å². The van der Waals surface area contributed by atoms with Gasteiger partial charge in [0.05, 0.1) is 11.3 Å². The summed E-state index contributed by atoms with van der Waals surface area (Å²) in [5, 5.41) is 9.29. The summed E-state index contributed by atoms with van der Waals surface area (Å²) < 4.78 is 24.8. The van der Waals surface area contributed by atoms with Gasteiger partial charge < -0.3 is 10.8 Å². The van der Waals surface area contributed by atoms with Gasteiger partial charge in [-0.2, -0.15) is 0 Å². The largest absolute Gasteiger partial charge is 0.505 e. The molecule has 0 radical (unpaired) electrons. The van der Waals surface area contributed by atoms with E-state index in [0.717, 1.165) is 6.20 Å². The van der Waals surface area contributed by atoms with Crippen molar-refractivity contribution in [2.75, 3.05) is 0 Å². The minimum atomic E-state index is -2.93. The normalized spacial score (nSPS) is 10.6. The third-order valence-corrected chi connectivity index (χ3v) is 1.74. The van der Waals surface area contributed by atoms with Crippen molar-refractivity contribution in [1.29, 1.82) is 0 Å². The van der Waals surface area contributed by atoms with Crippen molar-refractivity contribution in [3.05, 3.63) is 23.0 Å². The first-order valence-corrected chi connectivity index (χ1v) is 3.76. The standard InChI is InChI=1S/C8H8F2N2O2/c9-8(10)6-4(3-13)2-12-5(1-11)7(6)14/h2-3,8,14H,1,11H2. The van der Waals surface area contributed by atoms with Gasteiger partial charge in [0.25, 0.3) is 6.43 Å². The zero-order valence-corrected chi connectivity index (χ0v) is 7.08. The second kappa shape index (κ2) is 4.10. The van der Waals surface area contributed by atoms with Crippen LogP contribution in [0.25, 0.3) is 0 Å². The van der Waals surface area contributed by atoms with Crippen molar-refractivity contribution in [2.45, 2.75) is 13.0 Å². The van der Waals surface area contributed by atoms with Crippen LogP contribution in [0.4, 0.5) is 8.78 Å². The number of nitrogens with zero attached hydrogens (tertiary/aromatic N) is 1. The first kappa shape index (κ1) is 10.5. The van der Waals surface area contributed by atoms with Gasteiger partial charge in [0.1, 0.15) is 5.75 Å². The van der Waals surface area contributed by atoms with Crippen LogP contribution in [0.5, 0.6) is 5.75 Å². The molecule has 0 amide bonds. The number of rotatable bonds is 3. The molecule has 0 atom stereocenters. The maximum absolute atomic E-state index is 12.4. The maximum Gasteiger partial charge on any atom is 0.268 e. The monoisotopic (exact) mass is 202 g/mol. The average Bonchev–Trinajstić information content (AvgIpc) is 2.16. The quantitative estimate of drug-likeness (QED) is 0.717. The molecule has 3 N–H and O–H groups in total. The van der Waals surface area contributed by atoms with E-state index < -0.39 is 17.7 Å². The number of alkyl halides is 2. The molecule has 1 aromatic heterocycles. The van der Waals surface area contributed by atoms with E-state index in [0.29, 0.717) is 0 Å². The van der Waals surface area contributed by atoms with E-state index in [4.69, 9.17) is 5.73 Å². The molecule has 0 spiro atoms. The number of nitrogens with two attached hydrogens (primary N) is 1. The molecule has 0 unspecified atom stereocenters. The predicted octanol–water partition coefficient (Wildman–Crippen LogP) is 0.996. The number of aromatic nitrogens is 1. The predicted molar refractivity (Wildman–Crippen MR) is 44.1 cm³/mol. The van der Waals surface area contributed by atoms with Crippen LogP contribution in [0.2, 0.25) is 0 Å². The molecule has 76 valence electrons. The molecule has 0 saturated heterocycles. The van der Waals surface area contributed by atoms with Crippen molar-refractivity contribution in [1.82, 2.24) is 4.98 Å². The average molecular weight is 202 g/mol. The minimum Gasteiger partial charge on any atom is -0.505 e. The fourth-order valence-electron chi connectivity index (χ4n) is 1.04. The summed E-state index contributed by atoms with van der Waals surface area (Å²) in [6.07, 6.45) is -1.74. The van der Waals surface area contributed by atoms with Crippen LogP contribution >= 0.6 is 0 Å². The van der Waals surface area contributed by atoms with Crippen molar-refractivity contribution in [3.63, 3.8) is 0 Å². The molecule has 1 aromatic rings. The number of hydrogen-bond donors (Lipinski definition) is 2. The van der Waals surface area contributed by atoms with Gasteiger partial charge in [-0.1, -0.05) is 0 Å². The lowest BCUT2D eigenvalue weighted by atomic mass is 10.1. The lowest BCUT2D eigenvalue weighted by Crippen LogP contribution is -2.04. The topological polar surface area (TPSA) is 76.2 Å². The van der Waals surface area contributed by atoms with Gasteiger partial charge in [-0.05, 0) is 0 Å². The number of aldehydes is 1. The van der Waals surface area contributed by atoms with E-state index in [-0.39, 0.29) is 24.1 Å². The van der Waals surface area contributed by atoms with Gasteiger partial charge >= 0.3 is 0 Å². The summed E-state index contributed by atoms with van der Waals surface area (Å²) in [4.78, 5) is 13.9. The Morgan fingerprint density at radius 1 is 1.64 bits per heavy atom. The van der Waals surface area contributed by atoms with Crippen molar-refractivity contribution >= 4 is 6.29 Å². The van der Waals surface area contributed by atoms with Gasteiger partial charge in [0.2, 0.25) is 0 Å². The first-order valence-electron chi connectivity index (χ1n) is 3.76. The second-order valence-electron chi connectivity index (χ2n) is 2.55. The Morgan fingerprint density at radius 2 is 2.29 bits per heavy atom.